The second-order valence-corrected chi connectivity index (χ2v) is 11.6. The number of amides is 1. The monoisotopic (exact) mass is 589 g/mol. The molecular formula is C23H23F3IN3O2S. The fourth-order valence-electron chi connectivity index (χ4n) is 3.98. The number of hydrogen-bond donors (Lipinski definition) is 2. The number of rotatable bonds is 4. The lowest BCUT2D eigenvalue weighted by atomic mass is 9.90. The molecular weight excluding hydrogens is 566 g/mol. The fourth-order valence-corrected chi connectivity index (χ4v) is 5.86. The first-order chi connectivity index (χ1) is 15.4. The predicted octanol–water partition coefficient (Wildman–Crippen LogP) is 6.65. The van der Waals surface area contributed by atoms with E-state index in [-0.39, 0.29) is 5.69 Å². The minimum Gasteiger partial charge on any atom is -0.386 e. The summed E-state index contributed by atoms with van der Waals surface area (Å²) in [7, 11) is 0. The summed E-state index contributed by atoms with van der Waals surface area (Å²) in [4.78, 5) is 21.0. The summed E-state index contributed by atoms with van der Waals surface area (Å²) < 4.78 is 40.5. The molecule has 10 heteroatoms. The maximum Gasteiger partial charge on any atom is 0.433 e. The van der Waals surface area contributed by atoms with E-state index < -0.39 is 23.4 Å². The molecule has 1 saturated carbocycles. The zero-order chi connectivity index (χ0) is 24.0. The van der Waals surface area contributed by atoms with Crippen molar-refractivity contribution in [2.75, 3.05) is 5.32 Å². The van der Waals surface area contributed by atoms with Crippen molar-refractivity contribution in [3.63, 3.8) is 0 Å². The Kier molecular flexibility index (Phi) is 6.71. The van der Waals surface area contributed by atoms with Crippen molar-refractivity contribution in [3.05, 3.63) is 52.3 Å². The molecule has 4 rings (SSSR count). The number of thiazole rings is 1. The average Bonchev–Trinajstić information content (AvgIpc) is 3.15. The van der Waals surface area contributed by atoms with Crippen molar-refractivity contribution in [2.24, 2.45) is 0 Å². The molecule has 3 aromatic rings. The van der Waals surface area contributed by atoms with Crippen LogP contribution in [0.5, 0.6) is 0 Å². The van der Waals surface area contributed by atoms with Gasteiger partial charge in [-0.15, -0.1) is 11.3 Å². The van der Waals surface area contributed by atoms with Crippen molar-refractivity contribution in [3.8, 4) is 0 Å². The Bertz CT molecular complexity index is 1180. The molecule has 1 amide bonds. The number of aromatic nitrogens is 2. The van der Waals surface area contributed by atoms with E-state index in [0.29, 0.717) is 21.1 Å². The summed E-state index contributed by atoms with van der Waals surface area (Å²) >= 11 is 4.04. The van der Waals surface area contributed by atoms with Gasteiger partial charge in [0.25, 0.3) is 5.91 Å². The SMILES string of the molecule is CC(C)(O)c1cc2nc([C@H]3CC[C@H](I)CC3)sc2cc1NC(=O)c1cccc(C(F)(F)F)n1. The van der Waals surface area contributed by atoms with Crippen molar-refractivity contribution in [1.29, 1.82) is 0 Å². The minimum atomic E-state index is -4.65. The normalized spacial score (nSPS) is 19.6. The van der Waals surface area contributed by atoms with Gasteiger partial charge < -0.3 is 10.4 Å². The molecule has 176 valence electrons. The number of anilines is 1. The van der Waals surface area contributed by atoms with Crippen molar-refractivity contribution >= 4 is 55.7 Å². The average molecular weight is 589 g/mol. The largest absolute Gasteiger partial charge is 0.433 e. The number of halogens is 4. The van der Waals surface area contributed by atoms with Crippen LogP contribution in [0.25, 0.3) is 10.2 Å². The third kappa shape index (κ3) is 5.48. The zero-order valence-corrected chi connectivity index (χ0v) is 21.0. The highest BCUT2D eigenvalue weighted by Crippen LogP contribution is 2.41. The lowest BCUT2D eigenvalue weighted by molar-refractivity contribution is -0.141. The van der Waals surface area contributed by atoms with E-state index >= 15 is 0 Å². The molecule has 1 fully saturated rings. The number of fused-ring (bicyclic) bond motifs is 1. The first-order valence-electron chi connectivity index (χ1n) is 10.6. The number of alkyl halides is 4. The van der Waals surface area contributed by atoms with Gasteiger partial charge in [-0.2, -0.15) is 13.2 Å². The molecule has 1 aliphatic rings. The van der Waals surface area contributed by atoms with Gasteiger partial charge in [0, 0.05) is 21.1 Å². The maximum atomic E-state index is 13.0. The van der Waals surface area contributed by atoms with Crippen molar-refractivity contribution in [2.45, 2.75) is 61.2 Å². The Balaban J connectivity index is 1.68. The second kappa shape index (κ2) is 9.10. The third-order valence-corrected chi connectivity index (χ3v) is 8.16. The Morgan fingerprint density at radius 1 is 1.15 bits per heavy atom. The highest BCUT2D eigenvalue weighted by molar-refractivity contribution is 14.1. The highest BCUT2D eigenvalue weighted by atomic mass is 127. The van der Waals surface area contributed by atoms with Gasteiger partial charge in [-0.3, -0.25) is 4.79 Å². The fraction of sp³-hybridized carbons (Fsp3) is 0.435. The van der Waals surface area contributed by atoms with E-state index in [9.17, 15) is 23.1 Å². The van der Waals surface area contributed by atoms with Crippen LogP contribution < -0.4 is 5.32 Å². The number of carbonyl (C=O) groups excluding carboxylic acids is 1. The van der Waals surface area contributed by atoms with Gasteiger partial charge in [-0.1, -0.05) is 28.7 Å². The molecule has 1 aliphatic carbocycles. The molecule has 5 nitrogen and oxygen atoms in total. The molecule has 2 aromatic heterocycles. The summed E-state index contributed by atoms with van der Waals surface area (Å²) in [6.07, 6.45) is -0.182. The smallest absolute Gasteiger partial charge is 0.386 e. The zero-order valence-electron chi connectivity index (χ0n) is 18.0. The molecule has 0 aliphatic heterocycles. The number of benzene rings is 1. The molecule has 33 heavy (non-hydrogen) atoms. The van der Waals surface area contributed by atoms with Crippen LogP contribution in [0.1, 0.15) is 72.2 Å². The first kappa shape index (κ1) is 24.3. The highest BCUT2D eigenvalue weighted by Gasteiger charge is 2.33. The number of pyridine rings is 1. The molecule has 0 unspecified atom stereocenters. The number of aliphatic hydroxyl groups is 1. The van der Waals surface area contributed by atoms with E-state index in [2.05, 4.69) is 32.9 Å². The van der Waals surface area contributed by atoms with Gasteiger partial charge in [-0.05, 0) is 63.8 Å². The second-order valence-electron chi connectivity index (χ2n) is 8.79. The molecule has 2 N–H and O–H groups in total. The molecule has 0 atom stereocenters. The lowest BCUT2D eigenvalue weighted by Crippen LogP contribution is -2.22. The Morgan fingerprint density at radius 2 is 1.85 bits per heavy atom. The van der Waals surface area contributed by atoms with Gasteiger partial charge in [0.1, 0.15) is 11.4 Å². The van der Waals surface area contributed by atoms with Crippen molar-refractivity contribution in [1.82, 2.24) is 9.97 Å². The van der Waals surface area contributed by atoms with Crippen LogP contribution in [0.15, 0.2) is 30.3 Å². The third-order valence-electron chi connectivity index (χ3n) is 5.73. The van der Waals surface area contributed by atoms with E-state index in [4.69, 9.17) is 4.98 Å². The number of nitrogens with zero attached hydrogens (tertiary/aromatic N) is 2. The van der Waals surface area contributed by atoms with E-state index in [0.717, 1.165) is 53.0 Å². The van der Waals surface area contributed by atoms with Crippen molar-refractivity contribution < 1.29 is 23.1 Å². The summed E-state index contributed by atoms with van der Waals surface area (Å²) in [6.45, 7) is 3.17. The number of carbonyl (C=O) groups is 1. The standard InChI is InChI=1S/C23H23F3IN3O2S/c1-22(2,32)14-10-17-18(33-21(30-17)12-6-8-13(27)9-7-12)11-16(14)29-20(31)15-4-3-5-19(28-15)23(24,25)26/h3-5,10-13,32H,6-9H2,1-2H3,(H,29,31)/t12-,13-. The Hall–Kier alpha value is -1.79. The molecule has 0 saturated heterocycles. The Labute approximate surface area is 207 Å². The predicted molar refractivity (Wildman–Crippen MR) is 131 cm³/mol. The summed E-state index contributed by atoms with van der Waals surface area (Å²) in [5, 5.41) is 14.4. The molecule has 0 radical (unpaired) electrons. The molecule has 0 bridgehead atoms. The van der Waals surface area contributed by atoms with E-state index in [1.807, 2.05) is 0 Å². The van der Waals surface area contributed by atoms with Crippen LogP contribution >= 0.6 is 33.9 Å². The summed E-state index contributed by atoms with van der Waals surface area (Å²) in [5.74, 6) is -0.387. The summed E-state index contributed by atoms with van der Waals surface area (Å²) in [5.41, 5.74) is -1.30. The van der Waals surface area contributed by atoms with Crippen LogP contribution in [0.4, 0.5) is 18.9 Å². The summed E-state index contributed by atoms with van der Waals surface area (Å²) in [6, 6.07) is 6.66. The van der Waals surface area contributed by atoms with Crippen LogP contribution in [0.2, 0.25) is 0 Å². The van der Waals surface area contributed by atoms with Crippen LogP contribution in [-0.4, -0.2) is 24.9 Å². The van der Waals surface area contributed by atoms with Gasteiger partial charge >= 0.3 is 6.18 Å². The molecule has 2 heterocycles. The van der Waals surface area contributed by atoms with Gasteiger partial charge in [0.05, 0.1) is 20.8 Å². The van der Waals surface area contributed by atoms with E-state index in [1.54, 1.807) is 37.3 Å². The van der Waals surface area contributed by atoms with Gasteiger partial charge in [0.15, 0.2) is 0 Å². The van der Waals surface area contributed by atoms with E-state index in [1.165, 1.54) is 6.07 Å². The lowest BCUT2D eigenvalue weighted by Gasteiger charge is -2.23. The van der Waals surface area contributed by atoms with Gasteiger partial charge in [-0.25, -0.2) is 9.97 Å². The quantitative estimate of drug-likeness (QED) is 0.264. The molecule has 0 spiro atoms. The van der Waals surface area contributed by atoms with Crippen LogP contribution in [-0.2, 0) is 11.8 Å². The maximum absolute atomic E-state index is 13.0. The number of nitrogens with one attached hydrogen (secondary N) is 1. The topological polar surface area (TPSA) is 75.1 Å². The van der Waals surface area contributed by atoms with Crippen LogP contribution in [0.3, 0.4) is 0 Å². The van der Waals surface area contributed by atoms with Crippen LogP contribution in [0, 0.1) is 0 Å². The number of hydrogen-bond acceptors (Lipinski definition) is 5. The Morgan fingerprint density at radius 3 is 2.48 bits per heavy atom. The first-order valence-corrected chi connectivity index (χ1v) is 12.6. The minimum absolute atomic E-state index is 0.324. The van der Waals surface area contributed by atoms with Gasteiger partial charge in [0.2, 0.25) is 0 Å². The molecule has 1 aromatic carbocycles.